The number of fused-ring (bicyclic) bond motifs is 3. The lowest BCUT2D eigenvalue weighted by molar-refractivity contribution is 0.00700. The van der Waals surface area contributed by atoms with E-state index in [1.807, 2.05) is 30.3 Å². The molecule has 0 spiro atoms. The van der Waals surface area contributed by atoms with Crippen LogP contribution in [0.4, 0.5) is 0 Å². The van der Waals surface area contributed by atoms with Crippen molar-refractivity contribution in [1.82, 2.24) is 0 Å². The summed E-state index contributed by atoms with van der Waals surface area (Å²) in [6, 6.07) is 9.91. The molecule has 1 aliphatic heterocycles. The van der Waals surface area contributed by atoms with Crippen LogP contribution in [0.2, 0.25) is 0 Å². The van der Waals surface area contributed by atoms with Gasteiger partial charge in [0.2, 0.25) is 0 Å². The molecule has 2 N–H and O–H groups in total. The standard InChI is InChI=1S/C30H34O5/c1-16(2)19-11-10-17(3)20-12-24-25(18-8-6-5-7-9-18)26-28(34)22(14-31)27(33)23(15-32)29(26)35-30(24,4)13-21(19)20/h5-9,13-17,19-20,24-25,33-34H,10-12H2,1-4H3/t17-,19+,20-,24-,25-,30-/m0/s1. The van der Waals surface area contributed by atoms with Crippen molar-refractivity contribution in [2.24, 2.45) is 29.6 Å². The van der Waals surface area contributed by atoms with Crippen LogP contribution in [0.1, 0.15) is 84.7 Å². The first-order valence-electron chi connectivity index (χ1n) is 12.7. The van der Waals surface area contributed by atoms with Crippen LogP contribution in [0, 0.1) is 29.6 Å². The first-order chi connectivity index (χ1) is 16.7. The lowest BCUT2D eigenvalue weighted by Gasteiger charge is -2.54. The smallest absolute Gasteiger partial charge is 0.157 e. The molecule has 5 rings (SSSR count). The fraction of sp³-hybridized carbons (Fsp3) is 0.467. The number of aromatic hydroxyl groups is 2. The average Bonchev–Trinajstić information content (AvgIpc) is 2.82. The summed E-state index contributed by atoms with van der Waals surface area (Å²) in [6.45, 7) is 8.95. The Kier molecular flexibility index (Phi) is 5.77. The summed E-state index contributed by atoms with van der Waals surface area (Å²) >= 11 is 0. The molecule has 1 saturated carbocycles. The molecule has 5 nitrogen and oxygen atoms in total. The molecular weight excluding hydrogens is 440 g/mol. The second kappa shape index (κ2) is 8.54. The summed E-state index contributed by atoms with van der Waals surface area (Å²) in [4.78, 5) is 24.0. The van der Waals surface area contributed by atoms with E-state index < -0.39 is 11.4 Å². The van der Waals surface area contributed by atoms with Gasteiger partial charge >= 0.3 is 0 Å². The Bertz CT molecular complexity index is 1200. The molecular formula is C30H34O5. The molecule has 0 bridgehead atoms. The maximum atomic E-state index is 12.1. The number of allylic oxidation sites excluding steroid dienone is 1. The summed E-state index contributed by atoms with van der Waals surface area (Å²) in [5, 5.41) is 21.9. The van der Waals surface area contributed by atoms with Crippen molar-refractivity contribution in [2.75, 3.05) is 0 Å². The second-order valence-electron chi connectivity index (χ2n) is 11.2. The predicted octanol–water partition coefficient (Wildman–Crippen LogP) is 6.27. The van der Waals surface area contributed by atoms with Crippen molar-refractivity contribution in [3.63, 3.8) is 0 Å². The molecule has 5 heteroatoms. The van der Waals surface area contributed by atoms with E-state index in [-0.39, 0.29) is 34.5 Å². The number of phenols is 2. The van der Waals surface area contributed by atoms with Crippen LogP contribution < -0.4 is 4.74 Å². The highest BCUT2D eigenvalue weighted by atomic mass is 16.5. The van der Waals surface area contributed by atoms with Crippen molar-refractivity contribution >= 4 is 12.6 Å². The number of carbonyl (C=O) groups is 2. The fourth-order valence-electron chi connectivity index (χ4n) is 7.09. The SMILES string of the molecule is CC(C)[C@H]1CC[C@H](C)[C@@H]2C[C@H]3[C@H](c4ccccc4)c4c(O)c(C=O)c(O)c(C=O)c4O[C@@]3(C)C=C21. The minimum Gasteiger partial charge on any atom is -0.507 e. The zero-order valence-electron chi connectivity index (χ0n) is 20.8. The lowest BCUT2D eigenvalue weighted by Crippen LogP contribution is -2.51. The van der Waals surface area contributed by atoms with E-state index in [0.29, 0.717) is 41.8 Å². The minimum atomic E-state index is -0.733. The van der Waals surface area contributed by atoms with Gasteiger partial charge in [-0.25, -0.2) is 0 Å². The van der Waals surface area contributed by atoms with E-state index in [9.17, 15) is 19.8 Å². The third kappa shape index (κ3) is 3.50. The predicted molar refractivity (Wildman–Crippen MR) is 134 cm³/mol. The summed E-state index contributed by atoms with van der Waals surface area (Å²) in [6.07, 6.45) is 6.45. The van der Waals surface area contributed by atoms with Crippen molar-refractivity contribution in [3.05, 3.63) is 64.2 Å². The lowest BCUT2D eigenvalue weighted by atomic mass is 9.56. The van der Waals surface area contributed by atoms with Crippen molar-refractivity contribution in [2.45, 2.75) is 58.5 Å². The van der Waals surface area contributed by atoms with Gasteiger partial charge in [0.1, 0.15) is 22.8 Å². The molecule has 0 aromatic heterocycles. The summed E-state index contributed by atoms with van der Waals surface area (Å²) < 4.78 is 6.63. The molecule has 2 aliphatic carbocycles. The number of rotatable bonds is 4. The Labute approximate surface area is 206 Å². The molecule has 184 valence electrons. The van der Waals surface area contributed by atoms with E-state index >= 15 is 0 Å². The third-order valence-electron chi connectivity index (χ3n) is 8.92. The number of phenolic OH excluding ortho intramolecular Hbond substituents is 2. The van der Waals surface area contributed by atoms with Crippen LogP contribution in [0.15, 0.2) is 42.0 Å². The molecule has 0 radical (unpaired) electrons. The van der Waals surface area contributed by atoms with Gasteiger partial charge in [0, 0.05) is 17.4 Å². The minimum absolute atomic E-state index is 0.0195. The van der Waals surface area contributed by atoms with Crippen LogP contribution in [0.5, 0.6) is 17.2 Å². The monoisotopic (exact) mass is 474 g/mol. The van der Waals surface area contributed by atoms with Gasteiger partial charge in [-0.1, -0.05) is 56.7 Å². The van der Waals surface area contributed by atoms with Crippen LogP contribution >= 0.6 is 0 Å². The first kappa shape index (κ1) is 23.7. The van der Waals surface area contributed by atoms with Gasteiger partial charge in [0.25, 0.3) is 0 Å². The van der Waals surface area contributed by atoms with Crippen molar-refractivity contribution in [3.8, 4) is 17.2 Å². The summed E-state index contributed by atoms with van der Waals surface area (Å²) in [7, 11) is 0. The Morgan fingerprint density at radius 1 is 1.03 bits per heavy atom. The number of benzene rings is 2. The Balaban J connectivity index is 1.80. The number of ether oxygens (including phenoxy) is 1. The first-order valence-corrected chi connectivity index (χ1v) is 12.7. The van der Waals surface area contributed by atoms with E-state index in [4.69, 9.17) is 4.74 Å². The number of carbonyl (C=O) groups excluding carboxylic acids is 2. The fourth-order valence-corrected chi connectivity index (χ4v) is 7.09. The highest BCUT2D eigenvalue weighted by molar-refractivity contribution is 5.95. The van der Waals surface area contributed by atoms with E-state index in [1.54, 1.807) is 0 Å². The average molecular weight is 475 g/mol. The third-order valence-corrected chi connectivity index (χ3v) is 8.92. The molecule has 0 saturated heterocycles. The number of aldehydes is 2. The van der Waals surface area contributed by atoms with E-state index in [2.05, 4.69) is 33.8 Å². The van der Waals surface area contributed by atoms with Gasteiger partial charge in [0.05, 0.1) is 11.1 Å². The van der Waals surface area contributed by atoms with Gasteiger partial charge in [-0.3, -0.25) is 9.59 Å². The Morgan fingerprint density at radius 3 is 2.34 bits per heavy atom. The molecule has 0 amide bonds. The second-order valence-corrected chi connectivity index (χ2v) is 11.2. The quantitative estimate of drug-likeness (QED) is 0.403. The van der Waals surface area contributed by atoms with Gasteiger partial charge in [0.15, 0.2) is 12.6 Å². The normalized spacial score (nSPS) is 31.5. The molecule has 1 heterocycles. The molecule has 0 unspecified atom stereocenters. The van der Waals surface area contributed by atoms with E-state index in [0.717, 1.165) is 18.4 Å². The molecule has 1 fully saturated rings. The van der Waals surface area contributed by atoms with Crippen molar-refractivity contribution in [1.29, 1.82) is 0 Å². The van der Waals surface area contributed by atoms with Gasteiger partial charge in [-0.15, -0.1) is 0 Å². The summed E-state index contributed by atoms with van der Waals surface area (Å²) in [5.74, 6) is 0.983. The molecule has 35 heavy (non-hydrogen) atoms. The van der Waals surface area contributed by atoms with Gasteiger partial charge in [-0.2, -0.15) is 0 Å². The summed E-state index contributed by atoms with van der Waals surface area (Å²) in [5.41, 5.74) is 1.77. The molecule has 6 atom stereocenters. The number of hydrogen-bond acceptors (Lipinski definition) is 5. The van der Waals surface area contributed by atoms with Crippen LogP contribution in [-0.4, -0.2) is 28.4 Å². The van der Waals surface area contributed by atoms with Crippen LogP contribution in [0.25, 0.3) is 0 Å². The zero-order chi connectivity index (χ0) is 25.1. The topological polar surface area (TPSA) is 83.8 Å². The molecule has 2 aromatic rings. The Hall–Kier alpha value is -3.08. The zero-order valence-corrected chi connectivity index (χ0v) is 20.8. The van der Waals surface area contributed by atoms with Gasteiger partial charge < -0.3 is 14.9 Å². The maximum Gasteiger partial charge on any atom is 0.157 e. The van der Waals surface area contributed by atoms with Crippen LogP contribution in [0.3, 0.4) is 0 Å². The van der Waals surface area contributed by atoms with E-state index in [1.165, 1.54) is 12.0 Å². The molecule has 3 aliphatic rings. The highest BCUT2D eigenvalue weighted by Gasteiger charge is 2.54. The molecule has 2 aromatic carbocycles. The van der Waals surface area contributed by atoms with Crippen LogP contribution in [-0.2, 0) is 0 Å². The number of hydrogen-bond donors (Lipinski definition) is 2. The largest absolute Gasteiger partial charge is 0.507 e. The van der Waals surface area contributed by atoms with Crippen molar-refractivity contribution < 1.29 is 24.5 Å². The maximum absolute atomic E-state index is 12.1. The van der Waals surface area contributed by atoms with Gasteiger partial charge in [-0.05, 0) is 61.5 Å². The Morgan fingerprint density at radius 2 is 1.71 bits per heavy atom. The highest BCUT2D eigenvalue weighted by Crippen LogP contribution is 2.61.